The number of nitrogens with zero attached hydrogens (tertiary/aromatic N) is 5. The third-order valence-electron chi connectivity index (χ3n) is 4.26. The first kappa shape index (κ1) is 18.3. The number of rotatable bonds is 8. The first-order valence-electron chi connectivity index (χ1n) is 9.01. The van der Waals surface area contributed by atoms with Gasteiger partial charge in [-0.05, 0) is 31.2 Å². The number of hydrogen-bond donors (Lipinski definition) is 0. The van der Waals surface area contributed by atoms with E-state index in [9.17, 15) is 0 Å². The number of allylic oxidation sites excluding steroid dienone is 1. The average Bonchev–Trinajstić information content (AvgIpc) is 3.30. The van der Waals surface area contributed by atoms with Crippen LogP contribution in [0.1, 0.15) is 17.1 Å². The van der Waals surface area contributed by atoms with Gasteiger partial charge in [0.05, 0.1) is 5.69 Å². The highest BCUT2D eigenvalue weighted by Gasteiger charge is 2.13. The zero-order valence-electron chi connectivity index (χ0n) is 15.7. The molecule has 0 atom stereocenters. The summed E-state index contributed by atoms with van der Waals surface area (Å²) in [5.41, 5.74) is 3.15. The van der Waals surface area contributed by atoms with Gasteiger partial charge in [0.1, 0.15) is 18.0 Å². The standard InChI is InChI=1S/C21H21N5OS/c1-3-11-26-20(14-27-18-9-7-16(2)8-10-18)23-24-21(26)28-15-17-13-25-12-5-4-6-19(25)22-17/h3-10,12-13H,1,11,14-15H2,2H3. The van der Waals surface area contributed by atoms with Gasteiger partial charge in [0, 0.05) is 24.7 Å². The van der Waals surface area contributed by atoms with E-state index in [1.807, 2.05) is 69.9 Å². The fraction of sp³-hybridized carbons (Fsp3) is 0.190. The molecule has 3 aromatic heterocycles. The molecule has 0 aliphatic rings. The summed E-state index contributed by atoms with van der Waals surface area (Å²) in [6.45, 7) is 6.90. The highest BCUT2D eigenvalue weighted by Crippen LogP contribution is 2.23. The van der Waals surface area contributed by atoms with Crippen LogP contribution in [0.5, 0.6) is 5.75 Å². The smallest absolute Gasteiger partial charge is 0.191 e. The minimum atomic E-state index is 0.360. The Balaban J connectivity index is 1.46. The quantitative estimate of drug-likeness (QED) is 0.331. The van der Waals surface area contributed by atoms with Gasteiger partial charge in [-0.2, -0.15) is 0 Å². The number of imidazole rings is 1. The van der Waals surface area contributed by atoms with Gasteiger partial charge in [-0.1, -0.05) is 41.6 Å². The van der Waals surface area contributed by atoms with Crippen molar-refractivity contribution < 1.29 is 4.74 Å². The van der Waals surface area contributed by atoms with Gasteiger partial charge in [0.25, 0.3) is 0 Å². The zero-order chi connectivity index (χ0) is 19.3. The summed E-state index contributed by atoms with van der Waals surface area (Å²) < 4.78 is 9.92. The topological polar surface area (TPSA) is 57.2 Å². The molecule has 142 valence electrons. The van der Waals surface area contributed by atoms with Crippen molar-refractivity contribution in [3.63, 3.8) is 0 Å². The van der Waals surface area contributed by atoms with Gasteiger partial charge in [0.2, 0.25) is 0 Å². The SMILES string of the molecule is C=CCn1c(COc2ccc(C)cc2)nnc1SCc1cn2ccccc2n1. The van der Waals surface area contributed by atoms with Crippen LogP contribution in [0, 0.1) is 6.92 Å². The number of aromatic nitrogens is 5. The maximum absolute atomic E-state index is 5.87. The van der Waals surface area contributed by atoms with Gasteiger partial charge in [-0.25, -0.2) is 4.98 Å². The molecule has 28 heavy (non-hydrogen) atoms. The van der Waals surface area contributed by atoms with Crippen LogP contribution in [0.4, 0.5) is 0 Å². The third-order valence-corrected chi connectivity index (χ3v) is 5.26. The lowest BCUT2D eigenvalue weighted by atomic mass is 10.2. The van der Waals surface area contributed by atoms with E-state index in [-0.39, 0.29) is 0 Å². The number of thioether (sulfide) groups is 1. The molecule has 4 aromatic rings. The highest BCUT2D eigenvalue weighted by atomic mass is 32.2. The maximum atomic E-state index is 5.87. The number of hydrogen-bond acceptors (Lipinski definition) is 5. The number of pyridine rings is 1. The van der Waals surface area contributed by atoms with Gasteiger partial charge in [-0.3, -0.25) is 4.57 Å². The Labute approximate surface area is 167 Å². The van der Waals surface area contributed by atoms with Crippen molar-refractivity contribution in [1.82, 2.24) is 24.1 Å². The monoisotopic (exact) mass is 391 g/mol. The van der Waals surface area contributed by atoms with Gasteiger partial charge >= 0.3 is 0 Å². The van der Waals surface area contributed by atoms with Crippen molar-refractivity contribution >= 4 is 17.4 Å². The molecule has 6 nitrogen and oxygen atoms in total. The summed E-state index contributed by atoms with van der Waals surface area (Å²) in [5, 5.41) is 9.49. The van der Waals surface area contributed by atoms with E-state index < -0.39 is 0 Å². The van der Waals surface area contributed by atoms with Crippen molar-refractivity contribution in [1.29, 1.82) is 0 Å². The number of aryl methyl sites for hydroxylation is 1. The summed E-state index contributed by atoms with van der Waals surface area (Å²) in [6.07, 6.45) is 5.88. The molecule has 0 N–H and O–H groups in total. The molecule has 0 saturated carbocycles. The predicted octanol–water partition coefficient (Wildman–Crippen LogP) is 4.29. The zero-order valence-corrected chi connectivity index (χ0v) is 16.5. The minimum Gasteiger partial charge on any atom is -0.486 e. The molecule has 4 rings (SSSR count). The summed E-state index contributed by atoms with van der Waals surface area (Å²) in [7, 11) is 0. The Hall–Kier alpha value is -3.06. The summed E-state index contributed by atoms with van der Waals surface area (Å²) >= 11 is 1.61. The molecular weight excluding hydrogens is 370 g/mol. The van der Waals surface area contributed by atoms with Crippen LogP contribution in [-0.4, -0.2) is 24.1 Å². The molecule has 1 aromatic carbocycles. The van der Waals surface area contributed by atoms with E-state index in [1.165, 1.54) is 5.56 Å². The lowest BCUT2D eigenvalue weighted by molar-refractivity contribution is 0.289. The first-order valence-corrected chi connectivity index (χ1v) is 9.99. The van der Waals surface area contributed by atoms with Crippen molar-refractivity contribution in [2.75, 3.05) is 0 Å². The Bertz CT molecular complexity index is 1050. The van der Waals surface area contributed by atoms with Crippen LogP contribution in [0.3, 0.4) is 0 Å². The average molecular weight is 392 g/mol. The minimum absolute atomic E-state index is 0.360. The van der Waals surface area contributed by atoms with Gasteiger partial charge < -0.3 is 9.14 Å². The molecule has 0 bridgehead atoms. The summed E-state index contributed by atoms with van der Waals surface area (Å²) in [4.78, 5) is 4.63. The molecule has 3 heterocycles. The van der Waals surface area contributed by atoms with E-state index in [1.54, 1.807) is 11.8 Å². The fourth-order valence-corrected chi connectivity index (χ4v) is 3.67. The maximum Gasteiger partial charge on any atom is 0.191 e. The predicted molar refractivity (Wildman–Crippen MR) is 110 cm³/mol. The van der Waals surface area contributed by atoms with Crippen LogP contribution in [0.15, 0.2) is 72.7 Å². The van der Waals surface area contributed by atoms with E-state index in [0.29, 0.717) is 13.2 Å². The molecule has 0 amide bonds. The lowest BCUT2D eigenvalue weighted by Crippen LogP contribution is -2.07. The number of fused-ring (bicyclic) bond motifs is 1. The fourth-order valence-electron chi connectivity index (χ4n) is 2.82. The molecule has 7 heteroatoms. The normalized spacial score (nSPS) is 11.0. The molecule has 0 aliphatic heterocycles. The third kappa shape index (κ3) is 4.09. The molecular formula is C21H21N5OS. The number of benzene rings is 1. The Morgan fingerprint density at radius 3 is 2.79 bits per heavy atom. The van der Waals surface area contributed by atoms with Crippen molar-refractivity contribution in [2.24, 2.45) is 0 Å². The van der Waals surface area contributed by atoms with E-state index >= 15 is 0 Å². The van der Waals surface area contributed by atoms with Crippen LogP contribution in [0.2, 0.25) is 0 Å². The Morgan fingerprint density at radius 1 is 1.14 bits per heavy atom. The molecule has 0 aliphatic carbocycles. The van der Waals surface area contributed by atoms with Crippen molar-refractivity contribution in [3.05, 3.63) is 84.6 Å². The Kier molecular flexibility index (Phi) is 5.43. The van der Waals surface area contributed by atoms with Crippen LogP contribution in [0.25, 0.3) is 5.65 Å². The lowest BCUT2D eigenvalue weighted by Gasteiger charge is -2.09. The highest BCUT2D eigenvalue weighted by molar-refractivity contribution is 7.98. The summed E-state index contributed by atoms with van der Waals surface area (Å²) in [5.74, 6) is 2.31. The van der Waals surface area contributed by atoms with Crippen LogP contribution >= 0.6 is 11.8 Å². The second kappa shape index (κ2) is 8.31. The Morgan fingerprint density at radius 2 is 2.00 bits per heavy atom. The molecule has 0 unspecified atom stereocenters. The van der Waals surface area contributed by atoms with E-state index in [0.717, 1.165) is 33.8 Å². The molecule has 0 spiro atoms. The van der Waals surface area contributed by atoms with Crippen LogP contribution in [-0.2, 0) is 18.9 Å². The first-order chi connectivity index (χ1) is 13.7. The van der Waals surface area contributed by atoms with E-state index in [4.69, 9.17) is 4.74 Å². The van der Waals surface area contributed by atoms with Crippen molar-refractivity contribution in [3.8, 4) is 5.75 Å². The molecule has 0 saturated heterocycles. The largest absolute Gasteiger partial charge is 0.486 e. The van der Waals surface area contributed by atoms with E-state index in [2.05, 4.69) is 28.7 Å². The summed E-state index contributed by atoms with van der Waals surface area (Å²) in [6, 6.07) is 14.0. The van der Waals surface area contributed by atoms with Gasteiger partial charge in [0.15, 0.2) is 11.0 Å². The molecule has 0 radical (unpaired) electrons. The second-order valence-corrected chi connectivity index (χ2v) is 7.33. The van der Waals surface area contributed by atoms with Crippen molar-refractivity contribution in [2.45, 2.75) is 31.0 Å². The van der Waals surface area contributed by atoms with Gasteiger partial charge in [-0.15, -0.1) is 16.8 Å². The number of ether oxygens (including phenoxy) is 1. The second-order valence-electron chi connectivity index (χ2n) is 6.39. The molecule has 0 fully saturated rings. The van der Waals surface area contributed by atoms with Crippen LogP contribution < -0.4 is 4.74 Å².